The van der Waals surface area contributed by atoms with Gasteiger partial charge in [0.05, 0.1) is 6.42 Å². The van der Waals surface area contributed by atoms with E-state index in [1.165, 1.54) is 0 Å². The number of amides is 2. The fourth-order valence-corrected chi connectivity index (χ4v) is 2.21. The summed E-state index contributed by atoms with van der Waals surface area (Å²) in [5.74, 6) is -0.840. The third kappa shape index (κ3) is 4.91. The summed E-state index contributed by atoms with van der Waals surface area (Å²) >= 11 is 0. The van der Waals surface area contributed by atoms with Crippen molar-refractivity contribution in [2.45, 2.75) is 31.7 Å². The molecule has 0 bridgehead atoms. The lowest BCUT2D eigenvalue weighted by Gasteiger charge is -2.24. The molecule has 1 aliphatic rings. The Hall–Kier alpha value is -1.30. The van der Waals surface area contributed by atoms with Crippen LogP contribution in [0.3, 0.4) is 0 Å². The molecule has 0 aliphatic carbocycles. The summed E-state index contributed by atoms with van der Waals surface area (Å²) in [6, 6.07) is -0.270. The van der Waals surface area contributed by atoms with Crippen LogP contribution >= 0.6 is 0 Å². The highest BCUT2D eigenvalue weighted by atomic mass is 16.4. The third-order valence-electron chi connectivity index (χ3n) is 3.11. The predicted molar refractivity (Wildman–Crippen MR) is 68.6 cm³/mol. The van der Waals surface area contributed by atoms with Crippen molar-refractivity contribution in [1.29, 1.82) is 0 Å². The molecule has 2 amide bonds. The van der Waals surface area contributed by atoms with Crippen LogP contribution in [0.5, 0.6) is 0 Å². The molecule has 6 heteroatoms. The Kier molecular flexibility index (Phi) is 5.91. The zero-order chi connectivity index (χ0) is 13.5. The highest BCUT2D eigenvalue weighted by Gasteiger charge is 2.29. The molecule has 6 nitrogen and oxygen atoms in total. The maximum Gasteiger partial charge on any atom is 0.317 e. The first-order valence-corrected chi connectivity index (χ1v) is 6.41. The molecule has 1 aliphatic heterocycles. The minimum Gasteiger partial charge on any atom is -0.481 e. The Morgan fingerprint density at radius 3 is 2.78 bits per heavy atom. The molecule has 2 N–H and O–H groups in total. The molecule has 0 aromatic rings. The molecule has 0 spiro atoms. The summed E-state index contributed by atoms with van der Waals surface area (Å²) in [4.78, 5) is 26.3. The van der Waals surface area contributed by atoms with Crippen LogP contribution in [0.2, 0.25) is 0 Å². The van der Waals surface area contributed by atoms with Gasteiger partial charge in [0.15, 0.2) is 0 Å². The number of carbonyl (C=O) groups is 2. The lowest BCUT2D eigenvalue weighted by molar-refractivity contribution is -0.137. The van der Waals surface area contributed by atoms with Crippen LogP contribution in [0.25, 0.3) is 0 Å². The molecule has 0 aromatic carbocycles. The van der Waals surface area contributed by atoms with E-state index in [4.69, 9.17) is 5.11 Å². The van der Waals surface area contributed by atoms with Crippen molar-refractivity contribution in [1.82, 2.24) is 15.1 Å². The summed E-state index contributed by atoms with van der Waals surface area (Å²) < 4.78 is 0. The van der Waals surface area contributed by atoms with E-state index in [0.29, 0.717) is 13.1 Å². The minimum absolute atomic E-state index is 0.0467. The highest BCUT2D eigenvalue weighted by molar-refractivity contribution is 5.76. The molecule has 0 aromatic heterocycles. The Labute approximate surface area is 108 Å². The van der Waals surface area contributed by atoms with Gasteiger partial charge in [-0.05, 0) is 39.9 Å². The topological polar surface area (TPSA) is 72.9 Å². The fraction of sp³-hybridized carbons (Fsp3) is 0.833. The average Bonchev–Trinajstić information content (AvgIpc) is 2.71. The van der Waals surface area contributed by atoms with E-state index in [9.17, 15) is 9.59 Å². The number of hydrogen-bond acceptors (Lipinski definition) is 3. The first-order valence-electron chi connectivity index (χ1n) is 6.41. The van der Waals surface area contributed by atoms with Gasteiger partial charge >= 0.3 is 12.0 Å². The van der Waals surface area contributed by atoms with E-state index in [2.05, 4.69) is 10.2 Å². The van der Waals surface area contributed by atoms with Gasteiger partial charge in [0, 0.05) is 19.1 Å². The SMILES string of the molecule is CN(C)CCCNC(=O)N1CCCC1CC(=O)O. The van der Waals surface area contributed by atoms with Gasteiger partial charge in [0.1, 0.15) is 0 Å². The van der Waals surface area contributed by atoms with E-state index >= 15 is 0 Å². The molecule has 0 saturated carbocycles. The third-order valence-corrected chi connectivity index (χ3v) is 3.11. The van der Waals surface area contributed by atoms with Crippen molar-refractivity contribution in [3.63, 3.8) is 0 Å². The number of aliphatic carboxylic acids is 1. The minimum atomic E-state index is -0.840. The predicted octanol–water partition coefficient (Wildman–Crippen LogP) is 0.587. The highest BCUT2D eigenvalue weighted by Crippen LogP contribution is 2.19. The number of nitrogens with one attached hydrogen (secondary N) is 1. The van der Waals surface area contributed by atoms with E-state index in [0.717, 1.165) is 25.8 Å². The van der Waals surface area contributed by atoms with Gasteiger partial charge in [-0.1, -0.05) is 0 Å². The van der Waals surface area contributed by atoms with Crippen LogP contribution in [0.4, 0.5) is 4.79 Å². The Morgan fingerprint density at radius 2 is 2.17 bits per heavy atom. The van der Waals surface area contributed by atoms with E-state index in [1.54, 1.807) is 4.90 Å². The average molecular weight is 257 g/mol. The molecule has 1 fully saturated rings. The Balaban J connectivity index is 2.29. The van der Waals surface area contributed by atoms with Crippen molar-refractivity contribution in [3.8, 4) is 0 Å². The number of likely N-dealkylation sites (tertiary alicyclic amines) is 1. The lowest BCUT2D eigenvalue weighted by atomic mass is 10.1. The zero-order valence-electron chi connectivity index (χ0n) is 11.2. The Bertz CT molecular complexity index is 294. The molecule has 1 heterocycles. The van der Waals surface area contributed by atoms with Gasteiger partial charge in [-0.2, -0.15) is 0 Å². The van der Waals surface area contributed by atoms with Crippen molar-refractivity contribution < 1.29 is 14.7 Å². The van der Waals surface area contributed by atoms with Gasteiger partial charge < -0.3 is 20.2 Å². The fourth-order valence-electron chi connectivity index (χ4n) is 2.21. The van der Waals surface area contributed by atoms with Crippen LogP contribution in [-0.4, -0.2) is 66.7 Å². The van der Waals surface area contributed by atoms with Crippen LogP contribution < -0.4 is 5.32 Å². The van der Waals surface area contributed by atoms with Crippen molar-refractivity contribution in [3.05, 3.63) is 0 Å². The monoisotopic (exact) mass is 257 g/mol. The van der Waals surface area contributed by atoms with Gasteiger partial charge in [-0.25, -0.2) is 4.79 Å². The number of hydrogen-bond donors (Lipinski definition) is 2. The first kappa shape index (κ1) is 14.8. The summed E-state index contributed by atoms with van der Waals surface area (Å²) in [7, 11) is 3.98. The largest absolute Gasteiger partial charge is 0.481 e. The molecule has 1 saturated heterocycles. The molecule has 1 unspecified atom stereocenters. The summed E-state index contributed by atoms with van der Waals surface area (Å²) in [6.45, 7) is 2.23. The molecule has 1 rings (SSSR count). The van der Waals surface area contributed by atoms with Crippen LogP contribution in [0.15, 0.2) is 0 Å². The number of rotatable bonds is 6. The van der Waals surface area contributed by atoms with E-state index in [1.807, 2.05) is 14.1 Å². The van der Waals surface area contributed by atoms with Crippen LogP contribution in [0, 0.1) is 0 Å². The smallest absolute Gasteiger partial charge is 0.317 e. The molecular formula is C12H23N3O3. The second kappa shape index (κ2) is 7.20. The van der Waals surface area contributed by atoms with Gasteiger partial charge in [0.2, 0.25) is 0 Å². The van der Waals surface area contributed by atoms with Crippen molar-refractivity contribution in [2.75, 3.05) is 33.7 Å². The van der Waals surface area contributed by atoms with Gasteiger partial charge in [0.25, 0.3) is 0 Å². The number of carboxylic acid groups (broad SMARTS) is 1. The van der Waals surface area contributed by atoms with Gasteiger partial charge in [-0.15, -0.1) is 0 Å². The number of urea groups is 1. The van der Waals surface area contributed by atoms with Crippen LogP contribution in [0.1, 0.15) is 25.7 Å². The molecule has 1 atom stereocenters. The van der Waals surface area contributed by atoms with E-state index < -0.39 is 5.97 Å². The maximum absolute atomic E-state index is 11.9. The number of carboxylic acids is 1. The maximum atomic E-state index is 11.9. The van der Waals surface area contributed by atoms with Crippen molar-refractivity contribution >= 4 is 12.0 Å². The molecule has 104 valence electrons. The number of nitrogens with zero attached hydrogens (tertiary/aromatic N) is 2. The lowest BCUT2D eigenvalue weighted by Crippen LogP contribution is -2.44. The van der Waals surface area contributed by atoms with Crippen molar-refractivity contribution in [2.24, 2.45) is 0 Å². The summed E-state index contributed by atoms with van der Waals surface area (Å²) in [5.41, 5.74) is 0. The molecule has 0 radical (unpaired) electrons. The second-order valence-electron chi connectivity index (χ2n) is 4.98. The Morgan fingerprint density at radius 1 is 1.44 bits per heavy atom. The standard InChI is InChI=1S/C12H23N3O3/c1-14(2)7-4-6-13-12(18)15-8-3-5-10(15)9-11(16)17/h10H,3-9H2,1-2H3,(H,13,18)(H,16,17). The second-order valence-corrected chi connectivity index (χ2v) is 4.98. The summed E-state index contributed by atoms with van der Waals surface area (Å²) in [5, 5.41) is 11.6. The normalized spacial score (nSPS) is 19.3. The molecule has 18 heavy (non-hydrogen) atoms. The van der Waals surface area contributed by atoms with Gasteiger partial charge in [-0.3, -0.25) is 4.79 Å². The van der Waals surface area contributed by atoms with Crippen LogP contribution in [-0.2, 0) is 4.79 Å². The first-order chi connectivity index (χ1) is 8.50. The molecular weight excluding hydrogens is 234 g/mol. The summed E-state index contributed by atoms with van der Waals surface area (Å²) in [6.07, 6.45) is 2.63. The zero-order valence-corrected chi connectivity index (χ0v) is 11.2. The van der Waals surface area contributed by atoms with E-state index in [-0.39, 0.29) is 18.5 Å². The number of carbonyl (C=O) groups excluding carboxylic acids is 1. The quantitative estimate of drug-likeness (QED) is 0.683.